The summed E-state index contributed by atoms with van der Waals surface area (Å²) < 4.78 is 30.2. The number of nitrogens with zero attached hydrogens (tertiary/aromatic N) is 1. The molecule has 0 amide bonds. The predicted octanol–water partition coefficient (Wildman–Crippen LogP) is 1.55. The van der Waals surface area contributed by atoms with E-state index in [9.17, 15) is 8.42 Å². The van der Waals surface area contributed by atoms with Crippen molar-refractivity contribution in [1.29, 1.82) is 5.26 Å². The van der Waals surface area contributed by atoms with Crippen molar-refractivity contribution in [2.24, 2.45) is 0 Å². The monoisotopic (exact) mass is 224 g/mol. The van der Waals surface area contributed by atoms with Gasteiger partial charge in [-0.2, -0.15) is 8.42 Å². The second kappa shape index (κ2) is 4.13. The highest BCUT2D eigenvalue weighted by Gasteiger charge is 2.11. The van der Waals surface area contributed by atoms with E-state index in [0.717, 1.165) is 5.39 Å². The third-order valence-electron chi connectivity index (χ3n) is 1.78. The molecule has 2 N–H and O–H groups in total. The lowest BCUT2D eigenvalue weighted by Gasteiger charge is -1.87. The molecule has 0 saturated heterocycles. The summed E-state index contributed by atoms with van der Waals surface area (Å²) in [6.45, 7) is 3.50. The zero-order chi connectivity index (χ0) is 11.5. The normalized spacial score (nSPS) is 10.6. The second-order valence-electron chi connectivity index (χ2n) is 2.70. The lowest BCUT2D eigenvalue weighted by molar-refractivity contribution is 0.480. The van der Waals surface area contributed by atoms with Crippen molar-refractivity contribution in [3.8, 4) is 6.57 Å². The molecule has 0 aliphatic heterocycles. The first-order valence-corrected chi connectivity index (χ1v) is 5.32. The van der Waals surface area contributed by atoms with E-state index in [1.807, 2.05) is 0 Å². The Morgan fingerprint density at radius 3 is 2.40 bits per heavy atom. The van der Waals surface area contributed by atoms with Crippen molar-refractivity contribution in [3.63, 3.8) is 0 Å². The fourth-order valence-corrected chi connectivity index (χ4v) is 1.70. The summed E-state index contributed by atoms with van der Waals surface area (Å²) in [4.78, 5) is 2.60. The Kier molecular flexibility index (Phi) is 3.09. The van der Waals surface area contributed by atoms with E-state index in [1.165, 1.54) is 6.07 Å². The van der Waals surface area contributed by atoms with Crippen molar-refractivity contribution in [2.45, 2.75) is 5.03 Å². The topological polar surface area (TPSA) is 93.9 Å². The molecule has 1 aromatic carbocycles. The first kappa shape index (κ1) is 11.2. The standard InChI is InChI=1S/C8H7NO3S.CHN/c10-13(11,12)8-5-6-3-1-2-4-7(6)9-8;1-2/h1-5,9H,(H,10,11,12);1H. The number of nitriles is 1. The highest BCUT2D eigenvalue weighted by molar-refractivity contribution is 7.85. The van der Waals surface area contributed by atoms with Crippen LogP contribution in [0.3, 0.4) is 0 Å². The van der Waals surface area contributed by atoms with Gasteiger partial charge in [0.2, 0.25) is 0 Å². The van der Waals surface area contributed by atoms with Crippen LogP contribution in [0.25, 0.3) is 10.9 Å². The third kappa shape index (κ3) is 2.34. The molecule has 1 aromatic heterocycles. The maximum absolute atomic E-state index is 10.7. The molecule has 6 heteroatoms. The molecule has 0 radical (unpaired) electrons. The average Bonchev–Trinajstić information content (AvgIpc) is 2.63. The molecule has 2 rings (SSSR count). The third-order valence-corrected chi connectivity index (χ3v) is 2.56. The summed E-state index contributed by atoms with van der Waals surface area (Å²) in [7, 11) is -4.12. The number of aromatic amines is 1. The summed E-state index contributed by atoms with van der Waals surface area (Å²) in [6.07, 6.45) is 0. The van der Waals surface area contributed by atoms with Crippen molar-refractivity contribution >= 4 is 21.0 Å². The molecule has 0 saturated carbocycles. The minimum Gasteiger partial charge on any atom is -0.344 e. The zero-order valence-electron chi connectivity index (χ0n) is 7.58. The van der Waals surface area contributed by atoms with E-state index in [-0.39, 0.29) is 5.03 Å². The van der Waals surface area contributed by atoms with Gasteiger partial charge in [0.25, 0.3) is 0 Å². The minimum atomic E-state index is -4.12. The maximum atomic E-state index is 10.7. The molecule has 0 aliphatic carbocycles. The molecular weight excluding hydrogens is 216 g/mol. The number of nitrogens with one attached hydrogen (secondary N) is 1. The Morgan fingerprint density at radius 1 is 1.27 bits per heavy atom. The average molecular weight is 224 g/mol. The van der Waals surface area contributed by atoms with Crippen LogP contribution in [-0.4, -0.2) is 18.0 Å². The van der Waals surface area contributed by atoms with Gasteiger partial charge in [0.05, 0.1) is 0 Å². The van der Waals surface area contributed by atoms with Gasteiger partial charge in [-0.3, -0.25) is 4.55 Å². The van der Waals surface area contributed by atoms with Gasteiger partial charge >= 0.3 is 10.1 Å². The Morgan fingerprint density at radius 2 is 1.87 bits per heavy atom. The van der Waals surface area contributed by atoms with E-state index >= 15 is 0 Å². The molecule has 1 heterocycles. The van der Waals surface area contributed by atoms with Crippen molar-refractivity contribution in [3.05, 3.63) is 30.3 Å². The number of fused-ring (bicyclic) bond motifs is 1. The number of aromatic nitrogens is 1. The van der Waals surface area contributed by atoms with Crippen LogP contribution in [0.1, 0.15) is 0 Å². The largest absolute Gasteiger partial charge is 0.344 e. The molecular formula is C9H8N2O3S. The van der Waals surface area contributed by atoms with Gasteiger partial charge < -0.3 is 4.98 Å². The zero-order valence-corrected chi connectivity index (χ0v) is 8.40. The minimum absolute atomic E-state index is 0.172. The lowest BCUT2D eigenvalue weighted by Crippen LogP contribution is -1.97. The molecule has 0 unspecified atom stereocenters. The van der Waals surface area contributed by atoms with Crippen LogP contribution in [0.4, 0.5) is 0 Å². The molecule has 0 fully saturated rings. The van der Waals surface area contributed by atoms with E-state index in [0.29, 0.717) is 5.52 Å². The van der Waals surface area contributed by atoms with Gasteiger partial charge in [0, 0.05) is 17.5 Å². The number of hydrogen-bond donors (Lipinski definition) is 2. The number of rotatable bonds is 1. The van der Waals surface area contributed by atoms with Gasteiger partial charge in [-0.1, -0.05) is 18.2 Å². The first-order valence-electron chi connectivity index (χ1n) is 3.88. The molecule has 0 aliphatic rings. The number of para-hydroxylation sites is 1. The van der Waals surface area contributed by atoms with Crippen molar-refractivity contribution in [2.75, 3.05) is 0 Å². The van der Waals surface area contributed by atoms with Gasteiger partial charge in [-0.05, 0) is 12.1 Å². The summed E-state index contributed by atoms with van der Waals surface area (Å²) in [6, 6.07) is 8.48. The number of hydrogen-bond acceptors (Lipinski definition) is 3. The number of benzene rings is 1. The summed E-state index contributed by atoms with van der Waals surface area (Å²) >= 11 is 0. The summed E-state index contributed by atoms with van der Waals surface area (Å²) in [5.41, 5.74) is 0.690. The Labute approximate surface area is 86.7 Å². The molecule has 78 valence electrons. The lowest BCUT2D eigenvalue weighted by atomic mass is 10.3. The van der Waals surface area contributed by atoms with Gasteiger partial charge in [0.15, 0.2) is 5.03 Å². The second-order valence-corrected chi connectivity index (χ2v) is 4.09. The van der Waals surface area contributed by atoms with E-state index in [1.54, 1.807) is 24.3 Å². The highest BCUT2D eigenvalue weighted by Crippen LogP contribution is 2.17. The smallest absolute Gasteiger partial charge is 0.310 e. The molecule has 0 bridgehead atoms. The maximum Gasteiger partial charge on any atom is 0.310 e. The fourth-order valence-electron chi connectivity index (χ4n) is 1.19. The quantitative estimate of drug-likeness (QED) is 0.718. The van der Waals surface area contributed by atoms with Gasteiger partial charge in [-0.15, -0.1) is 0 Å². The van der Waals surface area contributed by atoms with Crippen LogP contribution >= 0.6 is 0 Å². The van der Waals surface area contributed by atoms with E-state index in [4.69, 9.17) is 9.81 Å². The highest BCUT2D eigenvalue weighted by atomic mass is 32.2. The van der Waals surface area contributed by atoms with Crippen LogP contribution in [0, 0.1) is 11.8 Å². The van der Waals surface area contributed by atoms with Crippen molar-refractivity contribution in [1.82, 2.24) is 4.98 Å². The Balaban J connectivity index is 0.000000531. The van der Waals surface area contributed by atoms with E-state index < -0.39 is 10.1 Å². The molecule has 0 spiro atoms. The predicted molar refractivity (Wildman–Crippen MR) is 54.8 cm³/mol. The van der Waals surface area contributed by atoms with Crippen LogP contribution in [0.15, 0.2) is 35.4 Å². The first-order chi connectivity index (χ1) is 7.07. The molecule has 5 nitrogen and oxygen atoms in total. The summed E-state index contributed by atoms with van der Waals surface area (Å²) in [5.74, 6) is 0. The van der Waals surface area contributed by atoms with Crippen LogP contribution < -0.4 is 0 Å². The Hall–Kier alpha value is -1.84. The summed E-state index contributed by atoms with van der Waals surface area (Å²) in [5, 5.41) is 7.09. The van der Waals surface area contributed by atoms with Crippen LogP contribution in [-0.2, 0) is 10.1 Å². The molecule has 0 atom stereocenters. The molecule has 15 heavy (non-hydrogen) atoms. The number of H-pyrrole nitrogens is 1. The van der Waals surface area contributed by atoms with Crippen molar-refractivity contribution < 1.29 is 13.0 Å². The van der Waals surface area contributed by atoms with Gasteiger partial charge in [0.1, 0.15) is 0 Å². The Bertz CT molecular complexity index is 550. The van der Waals surface area contributed by atoms with E-state index in [2.05, 4.69) is 11.6 Å². The SMILES string of the molecule is C#N.O=S(=O)(O)c1cc2ccccc2[nH]1. The molecule has 2 aromatic rings. The van der Waals surface area contributed by atoms with Crippen LogP contribution in [0.2, 0.25) is 0 Å². The fraction of sp³-hybridized carbons (Fsp3) is 0. The van der Waals surface area contributed by atoms with Gasteiger partial charge in [-0.25, -0.2) is 5.26 Å². The van der Waals surface area contributed by atoms with Crippen LogP contribution in [0.5, 0.6) is 0 Å².